The van der Waals surface area contributed by atoms with Crippen LogP contribution in [0.5, 0.6) is 0 Å². The first-order valence-electron chi connectivity index (χ1n) is 4.11. The van der Waals surface area contributed by atoms with Crippen molar-refractivity contribution in [2.75, 3.05) is 0 Å². The Bertz CT molecular complexity index is 309. The van der Waals surface area contributed by atoms with Gasteiger partial charge in [0, 0.05) is 31.7 Å². The number of aliphatic carboxylic acids is 3. The number of carboxylic acid groups (broad SMARTS) is 3. The van der Waals surface area contributed by atoms with Crippen LogP contribution >= 0.6 is 0 Å². The van der Waals surface area contributed by atoms with Gasteiger partial charge in [-0.25, -0.2) is 0 Å². The SMILES string of the molecule is CC(N)=O.O=C([O-])CC(O)(CC(=O)[O-])C(=O)[O-].[Bi+3]. The van der Waals surface area contributed by atoms with Gasteiger partial charge in [0.25, 0.3) is 0 Å². The Morgan fingerprint density at radius 2 is 1.28 bits per heavy atom. The van der Waals surface area contributed by atoms with Crippen molar-refractivity contribution in [2.24, 2.45) is 5.73 Å². The van der Waals surface area contributed by atoms with Crippen molar-refractivity contribution in [1.82, 2.24) is 0 Å². The average Bonchev–Trinajstić information content (AvgIpc) is 1.98. The molecule has 0 bridgehead atoms. The van der Waals surface area contributed by atoms with Gasteiger partial charge in [0.1, 0.15) is 5.60 Å². The maximum absolute atomic E-state index is 10.1. The summed E-state index contributed by atoms with van der Waals surface area (Å²) in [6.45, 7) is 1.31. The van der Waals surface area contributed by atoms with Gasteiger partial charge in [0.15, 0.2) is 0 Å². The predicted octanol–water partition coefficient (Wildman–Crippen LogP) is -6.14. The van der Waals surface area contributed by atoms with Gasteiger partial charge < -0.3 is 40.5 Å². The van der Waals surface area contributed by atoms with Crippen LogP contribution in [0.4, 0.5) is 0 Å². The molecule has 0 saturated carbocycles. The molecule has 0 aliphatic heterocycles. The smallest absolute Gasteiger partial charge is 0.550 e. The fourth-order valence-electron chi connectivity index (χ4n) is 0.684. The first-order valence-corrected chi connectivity index (χ1v) is 4.11. The Morgan fingerprint density at radius 1 is 1.06 bits per heavy atom. The topological polar surface area (TPSA) is 184 Å². The van der Waals surface area contributed by atoms with Gasteiger partial charge >= 0.3 is 26.2 Å². The number of nitrogens with two attached hydrogens (primary N) is 1. The summed E-state index contributed by atoms with van der Waals surface area (Å²) in [6, 6.07) is 0. The third-order valence-corrected chi connectivity index (χ3v) is 1.25. The van der Waals surface area contributed by atoms with Crippen molar-refractivity contribution < 1.29 is 39.6 Å². The molecule has 0 saturated heterocycles. The Hall–Kier alpha value is -1.28. The zero-order valence-corrected chi connectivity index (χ0v) is 12.7. The molecular formula is C8H10BiNO8. The van der Waals surface area contributed by atoms with Crippen molar-refractivity contribution in [3.8, 4) is 0 Å². The Balaban J connectivity index is -0.000000392. The summed E-state index contributed by atoms with van der Waals surface area (Å²) >= 11 is 0. The summed E-state index contributed by atoms with van der Waals surface area (Å²) in [4.78, 5) is 39.2. The number of carboxylic acids is 3. The fraction of sp³-hybridized carbons (Fsp3) is 0.500. The summed E-state index contributed by atoms with van der Waals surface area (Å²) in [6.07, 6.45) is -2.72. The minimum Gasteiger partial charge on any atom is -0.550 e. The van der Waals surface area contributed by atoms with E-state index in [0.29, 0.717) is 0 Å². The number of rotatable bonds is 5. The standard InChI is InChI=1S/C6H8O7.C2H5NO.Bi/c7-3(8)1-6(13,5(11)12)2-4(9)10;1-2(3)4;/h13H,1-2H2,(H,7,8)(H,9,10)(H,11,12);1H3,(H2,3,4);/q;;+3/p-3. The van der Waals surface area contributed by atoms with Crippen molar-refractivity contribution in [1.29, 1.82) is 0 Å². The molecule has 3 N–H and O–H groups in total. The normalized spacial score (nSPS) is 9.22. The molecule has 0 aromatic carbocycles. The molecule has 10 heteroatoms. The van der Waals surface area contributed by atoms with Crippen LogP contribution in [-0.4, -0.2) is 60.7 Å². The maximum Gasteiger partial charge on any atom is 3.00 e. The van der Waals surface area contributed by atoms with Crippen LogP contribution in [0.15, 0.2) is 0 Å². The van der Waals surface area contributed by atoms with E-state index in [9.17, 15) is 34.5 Å². The van der Waals surface area contributed by atoms with Gasteiger partial charge in [-0.3, -0.25) is 4.79 Å². The van der Waals surface area contributed by atoms with Crippen LogP contribution in [0.3, 0.4) is 0 Å². The Labute approximate surface area is 121 Å². The molecule has 2 radical (unpaired) electrons. The number of aliphatic hydroxyl groups is 1. The monoisotopic (exact) mass is 457 g/mol. The van der Waals surface area contributed by atoms with Crippen LogP contribution < -0.4 is 21.1 Å². The van der Waals surface area contributed by atoms with Gasteiger partial charge in [0.05, 0.1) is 5.97 Å². The van der Waals surface area contributed by atoms with E-state index in [1.54, 1.807) is 0 Å². The third-order valence-electron chi connectivity index (χ3n) is 1.25. The van der Waals surface area contributed by atoms with Crippen molar-refractivity contribution >= 4 is 50.0 Å². The quantitative estimate of drug-likeness (QED) is 0.382. The fourth-order valence-corrected chi connectivity index (χ4v) is 0.684. The molecule has 0 unspecified atom stereocenters. The average molecular weight is 457 g/mol. The number of hydrogen-bond acceptors (Lipinski definition) is 8. The van der Waals surface area contributed by atoms with Crippen molar-refractivity contribution in [3.63, 3.8) is 0 Å². The van der Waals surface area contributed by atoms with E-state index in [1.807, 2.05) is 0 Å². The zero-order valence-electron chi connectivity index (χ0n) is 9.24. The molecule has 0 aliphatic carbocycles. The second-order valence-electron chi connectivity index (χ2n) is 3.03. The number of hydrogen-bond donors (Lipinski definition) is 2. The number of carbonyl (C=O) groups excluding carboxylic acids is 4. The van der Waals surface area contributed by atoms with Crippen LogP contribution in [0, 0.1) is 0 Å². The number of carbonyl (C=O) groups is 4. The van der Waals surface area contributed by atoms with Gasteiger partial charge in [-0.1, -0.05) is 0 Å². The van der Waals surface area contributed by atoms with E-state index in [2.05, 4.69) is 5.73 Å². The van der Waals surface area contributed by atoms with Crippen LogP contribution in [0.25, 0.3) is 0 Å². The van der Waals surface area contributed by atoms with Gasteiger partial charge in [0.2, 0.25) is 5.91 Å². The zero-order chi connectivity index (χ0) is 14.2. The molecule has 0 fully saturated rings. The minimum absolute atomic E-state index is 0. The largest absolute Gasteiger partial charge is 3.00 e. The molecule has 0 aliphatic rings. The third kappa shape index (κ3) is 12.8. The molecule has 0 aromatic rings. The van der Waals surface area contributed by atoms with Crippen LogP contribution in [0.2, 0.25) is 0 Å². The second-order valence-corrected chi connectivity index (χ2v) is 3.03. The van der Waals surface area contributed by atoms with Gasteiger partial charge in [-0.15, -0.1) is 0 Å². The van der Waals surface area contributed by atoms with E-state index >= 15 is 0 Å². The molecule has 0 heterocycles. The molecule has 1 amide bonds. The molecule has 0 spiro atoms. The van der Waals surface area contributed by atoms with E-state index in [-0.39, 0.29) is 32.1 Å². The molecular weight excluding hydrogens is 447 g/mol. The van der Waals surface area contributed by atoms with Crippen LogP contribution in [-0.2, 0) is 19.2 Å². The predicted molar refractivity (Wildman–Crippen MR) is 49.8 cm³/mol. The summed E-state index contributed by atoms with van der Waals surface area (Å²) in [5, 5.41) is 38.9. The summed E-state index contributed by atoms with van der Waals surface area (Å²) in [5.41, 5.74) is 1.50. The molecule has 18 heavy (non-hydrogen) atoms. The number of primary amides is 1. The molecule has 9 nitrogen and oxygen atoms in total. The molecule has 0 rings (SSSR count). The molecule has 100 valence electrons. The summed E-state index contributed by atoms with van der Waals surface area (Å²) < 4.78 is 0. The first-order chi connectivity index (χ1) is 7.51. The Kier molecular flexibility index (Phi) is 11.9. The Morgan fingerprint density at radius 3 is 1.39 bits per heavy atom. The van der Waals surface area contributed by atoms with E-state index in [0.717, 1.165) is 0 Å². The summed E-state index contributed by atoms with van der Waals surface area (Å²) in [5.74, 6) is -6.32. The van der Waals surface area contributed by atoms with Gasteiger partial charge in [-0.2, -0.15) is 0 Å². The minimum atomic E-state index is -2.97. The first kappa shape index (κ1) is 22.0. The van der Waals surface area contributed by atoms with Gasteiger partial charge in [-0.05, 0) is 0 Å². The molecule has 0 atom stereocenters. The molecule has 0 aromatic heterocycles. The van der Waals surface area contributed by atoms with Crippen molar-refractivity contribution in [3.05, 3.63) is 0 Å². The van der Waals surface area contributed by atoms with E-state index in [1.165, 1.54) is 6.92 Å². The summed E-state index contributed by atoms with van der Waals surface area (Å²) in [7, 11) is 0. The van der Waals surface area contributed by atoms with Crippen molar-refractivity contribution in [2.45, 2.75) is 25.4 Å². The van der Waals surface area contributed by atoms with E-state index in [4.69, 9.17) is 5.11 Å². The number of amides is 1. The maximum atomic E-state index is 10.1. The second kappa shape index (κ2) is 9.72. The van der Waals surface area contributed by atoms with Crippen LogP contribution in [0.1, 0.15) is 19.8 Å². The van der Waals surface area contributed by atoms with E-state index < -0.39 is 36.4 Å².